The Bertz CT molecular complexity index is 990. The molecular formula is C21H24F2N6O2. The lowest BCUT2D eigenvalue weighted by Crippen LogP contribution is -2.38. The van der Waals surface area contributed by atoms with Gasteiger partial charge < -0.3 is 19.7 Å². The van der Waals surface area contributed by atoms with Gasteiger partial charge in [-0.3, -0.25) is 10.1 Å². The van der Waals surface area contributed by atoms with Crippen LogP contribution in [0, 0.1) is 0 Å². The fourth-order valence-corrected chi connectivity index (χ4v) is 2.92. The monoisotopic (exact) mass is 430 g/mol. The Hall–Kier alpha value is -3.69. The highest BCUT2D eigenvalue weighted by Crippen LogP contribution is 2.19. The van der Waals surface area contributed by atoms with Crippen molar-refractivity contribution in [3.63, 3.8) is 0 Å². The molecule has 2 aromatic carbocycles. The van der Waals surface area contributed by atoms with Crippen LogP contribution in [-0.2, 0) is 13.1 Å². The molecule has 31 heavy (non-hydrogen) atoms. The molecule has 3 aromatic rings. The first-order chi connectivity index (χ1) is 15.0. The van der Waals surface area contributed by atoms with Crippen LogP contribution >= 0.6 is 0 Å². The van der Waals surface area contributed by atoms with Gasteiger partial charge in [-0.15, -0.1) is 0 Å². The lowest BCUT2D eigenvalue weighted by Gasteiger charge is -2.22. The number of nitrogens with one attached hydrogen (secondary N) is 2. The molecule has 0 unspecified atom stereocenters. The van der Waals surface area contributed by atoms with Crippen molar-refractivity contribution < 1.29 is 18.3 Å². The van der Waals surface area contributed by atoms with Gasteiger partial charge in [-0.25, -0.2) is 4.98 Å². The number of rotatable bonds is 8. The first-order valence-electron chi connectivity index (χ1n) is 9.49. The molecule has 10 heteroatoms. The van der Waals surface area contributed by atoms with E-state index < -0.39 is 6.61 Å². The predicted molar refractivity (Wildman–Crippen MR) is 113 cm³/mol. The van der Waals surface area contributed by atoms with Gasteiger partial charge in [0.1, 0.15) is 17.3 Å². The van der Waals surface area contributed by atoms with E-state index in [0.717, 1.165) is 16.9 Å². The molecule has 0 aliphatic rings. The molecule has 0 bridgehead atoms. The summed E-state index contributed by atoms with van der Waals surface area (Å²) >= 11 is 0. The predicted octanol–water partition coefficient (Wildman–Crippen LogP) is 3.29. The first kappa shape index (κ1) is 22.0. The first-order valence-corrected chi connectivity index (χ1v) is 9.49. The lowest BCUT2D eigenvalue weighted by atomic mass is 10.2. The summed E-state index contributed by atoms with van der Waals surface area (Å²) in [5, 5.41) is 10.4. The quantitative estimate of drug-likeness (QED) is 0.421. The molecule has 8 nitrogen and oxygen atoms in total. The molecule has 0 amide bonds. The van der Waals surface area contributed by atoms with Crippen molar-refractivity contribution in [3.8, 4) is 22.9 Å². The molecule has 2 N–H and O–H groups in total. The number of guanidine groups is 1. The number of hydrogen-bond donors (Lipinski definition) is 2. The maximum atomic E-state index is 12.3. The van der Waals surface area contributed by atoms with E-state index >= 15 is 0 Å². The van der Waals surface area contributed by atoms with E-state index in [9.17, 15) is 8.78 Å². The highest BCUT2D eigenvalue weighted by molar-refractivity contribution is 5.79. The van der Waals surface area contributed by atoms with Crippen molar-refractivity contribution in [2.24, 2.45) is 4.99 Å². The summed E-state index contributed by atoms with van der Waals surface area (Å²) in [6, 6.07) is 14.0. The van der Waals surface area contributed by atoms with Crippen molar-refractivity contribution in [1.29, 1.82) is 0 Å². The van der Waals surface area contributed by atoms with E-state index in [-0.39, 0.29) is 5.75 Å². The van der Waals surface area contributed by atoms with Crippen LogP contribution in [0.5, 0.6) is 11.5 Å². The molecule has 3 rings (SSSR count). The highest BCUT2D eigenvalue weighted by atomic mass is 19.3. The summed E-state index contributed by atoms with van der Waals surface area (Å²) < 4.78 is 34.1. The summed E-state index contributed by atoms with van der Waals surface area (Å²) in [6.07, 6.45) is 0. The van der Waals surface area contributed by atoms with E-state index in [1.807, 2.05) is 36.2 Å². The van der Waals surface area contributed by atoms with Crippen LogP contribution in [0.1, 0.15) is 11.4 Å². The molecule has 0 aliphatic heterocycles. The standard InChI is InChI=1S/C21H24F2N6O2/c1-24-21(29(2)13-14-4-8-17(9-5-14)31-20(22)23)25-12-18-26-19(28-27-18)15-6-10-16(30-3)11-7-15/h4-11,20H,12-13H2,1-3H3,(H,24,25)(H,26,27,28). The number of methoxy groups -OCH3 is 1. The number of aromatic amines is 1. The van der Waals surface area contributed by atoms with Crippen LogP contribution in [0.2, 0.25) is 0 Å². The molecular weight excluding hydrogens is 406 g/mol. The fourth-order valence-electron chi connectivity index (χ4n) is 2.92. The van der Waals surface area contributed by atoms with Gasteiger partial charge in [0.15, 0.2) is 11.8 Å². The average Bonchev–Trinajstić information content (AvgIpc) is 3.24. The summed E-state index contributed by atoms with van der Waals surface area (Å²) in [5.74, 6) is 2.80. The zero-order valence-electron chi connectivity index (χ0n) is 17.5. The maximum absolute atomic E-state index is 12.3. The van der Waals surface area contributed by atoms with Crippen LogP contribution in [0.15, 0.2) is 53.5 Å². The van der Waals surface area contributed by atoms with E-state index in [1.165, 1.54) is 12.1 Å². The van der Waals surface area contributed by atoms with Gasteiger partial charge in [0, 0.05) is 26.2 Å². The minimum Gasteiger partial charge on any atom is -0.497 e. The van der Waals surface area contributed by atoms with E-state index in [2.05, 4.69) is 30.2 Å². The summed E-state index contributed by atoms with van der Waals surface area (Å²) in [6.45, 7) is -1.90. The number of nitrogens with zero attached hydrogens (tertiary/aromatic N) is 4. The van der Waals surface area contributed by atoms with Gasteiger partial charge in [-0.05, 0) is 42.0 Å². The third-order valence-corrected chi connectivity index (χ3v) is 4.44. The maximum Gasteiger partial charge on any atom is 0.387 e. The molecule has 0 saturated heterocycles. The molecule has 1 aromatic heterocycles. The molecule has 1 heterocycles. The lowest BCUT2D eigenvalue weighted by molar-refractivity contribution is -0.0498. The Balaban J connectivity index is 1.55. The highest BCUT2D eigenvalue weighted by Gasteiger charge is 2.11. The van der Waals surface area contributed by atoms with Gasteiger partial charge in [-0.1, -0.05) is 12.1 Å². The van der Waals surface area contributed by atoms with Crippen molar-refractivity contribution in [1.82, 2.24) is 25.4 Å². The number of aliphatic imine (C=N–C) groups is 1. The average molecular weight is 430 g/mol. The number of ether oxygens (including phenoxy) is 2. The summed E-state index contributed by atoms with van der Waals surface area (Å²) in [7, 11) is 5.18. The normalized spacial score (nSPS) is 11.5. The number of halogens is 2. The van der Waals surface area contributed by atoms with E-state index in [1.54, 1.807) is 26.3 Å². The Morgan fingerprint density at radius 2 is 1.81 bits per heavy atom. The van der Waals surface area contributed by atoms with Crippen molar-refractivity contribution in [2.75, 3.05) is 21.2 Å². The van der Waals surface area contributed by atoms with Gasteiger partial charge in [0.25, 0.3) is 0 Å². The van der Waals surface area contributed by atoms with E-state index in [4.69, 9.17) is 4.74 Å². The topological polar surface area (TPSA) is 87.7 Å². The molecule has 0 atom stereocenters. The molecule has 0 spiro atoms. The van der Waals surface area contributed by atoms with Crippen LogP contribution in [0.25, 0.3) is 11.4 Å². The van der Waals surface area contributed by atoms with Crippen LogP contribution in [0.4, 0.5) is 8.78 Å². The van der Waals surface area contributed by atoms with Gasteiger partial charge in [-0.2, -0.15) is 13.9 Å². The zero-order valence-corrected chi connectivity index (χ0v) is 17.5. The zero-order chi connectivity index (χ0) is 22.2. The third-order valence-electron chi connectivity index (χ3n) is 4.44. The molecule has 0 fully saturated rings. The molecule has 0 aliphatic carbocycles. The molecule has 0 radical (unpaired) electrons. The second kappa shape index (κ2) is 10.4. The number of benzene rings is 2. The fraction of sp³-hybridized carbons (Fsp3) is 0.286. The minimum absolute atomic E-state index is 0.127. The molecule has 0 saturated carbocycles. The van der Waals surface area contributed by atoms with Crippen molar-refractivity contribution >= 4 is 5.96 Å². The van der Waals surface area contributed by atoms with Crippen molar-refractivity contribution in [3.05, 3.63) is 59.9 Å². The van der Waals surface area contributed by atoms with Crippen LogP contribution in [0.3, 0.4) is 0 Å². The Morgan fingerprint density at radius 3 is 2.42 bits per heavy atom. The Morgan fingerprint density at radius 1 is 1.13 bits per heavy atom. The smallest absolute Gasteiger partial charge is 0.387 e. The van der Waals surface area contributed by atoms with Crippen LogP contribution < -0.4 is 14.8 Å². The van der Waals surface area contributed by atoms with Gasteiger partial charge >= 0.3 is 6.61 Å². The SMILES string of the molecule is CN=C(NCc1nc(-c2ccc(OC)cc2)n[nH]1)N(C)Cc1ccc(OC(F)F)cc1. The summed E-state index contributed by atoms with van der Waals surface area (Å²) in [5.41, 5.74) is 1.80. The van der Waals surface area contributed by atoms with Crippen molar-refractivity contribution in [2.45, 2.75) is 19.7 Å². The van der Waals surface area contributed by atoms with E-state index in [0.29, 0.717) is 30.7 Å². The summed E-state index contributed by atoms with van der Waals surface area (Å²) in [4.78, 5) is 10.7. The van der Waals surface area contributed by atoms with Gasteiger partial charge in [0.05, 0.1) is 13.7 Å². The second-order valence-corrected chi connectivity index (χ2v) is 6.61. The number of hydrogen-bond acceptors (Lipinski definition) is 5. The Labute approximate surface area is 178 Å². The largest absolute Gasteiger partial charge is 0.497 e. The number of H-pyrrole nitrogens is 1. The van der Waals surface area contributed by atoms with Gasteiger partial charge in [0.2, 0.25) is 0 Å². The number of aromatic nitrogens is 3. The Kier molecular flexibility index (Phi) is 7.36. The minimum atomic E-state index is -2.84. The number of alkyl halides is 2. The van der Waals surface area contributed by atoms with Crippen LogP contribution in [-0.4, -0.2) is 53.9 Å². The second-order valence-electron chi connectivity index (χ2n) is 6.61. The molecule has 164 valence electrons. The third kappa shape index (κ3) is 6.14.